The SMILES string of the molecule is CCC=S(=O)(O)NCC. The van der Waals surface area contributed by atoms with Gasteiger partial charge in [0.1, 0.15) is 9.99 Å². The lowest BCUT2D eigenvalue weighted by atomic mass is 10.6. The summed E-state index contributed by atoms with van der Waals surface area (Å²) in [6.07, 6.45) is 0.613. The summed E-state index contributed by atoms with van der Waals surface area (Å²) in [7, 11) is -2.81. The van der Waals surface area contributed by atoms with Crippen molar-refractivity contribution < 1.29 is 8.76 Å². The molecule has 0 aromatic rings. The number of hydrogen-bond acceptors (Lipinski definition) is 1. The molecule has 0 fully saturated rings. The predicted octanol–water partition coefficient (Wildman–Crippen LogP) is 0.480. The fourth-order valence-electron chi connectivity index (χ4n) is 0.492. The molecule has 1 unspecified atom stereocenters. The summed E-state index contributed by atoms with van der Waals surface area (Å²) in [5, 5.41) is 1.37. The second-order valence-electron chi connectivity index (χ2n) is 1.64. The molecule has 0 aromatic carbocycles. The van der Waals surface area contributed by atoms with E-state index < -0.39 is 9.99 Å². The average Bonchev–Trinajstić information content (AvgIpc) is 1.64. The van der Waals surface area contributed by atoms with E-state index in [0.29, 0.717) is 13.0 Å². The van der Waals surface area contributed by atoms with Gasteiger partial charge in [0.25, 0.3) is 0 Å². The number of hydrogen-bond donors (Lipinski definition) is 2. The summed E-state index contributed by atoms with van der Waals surface area (Å²) in [4.78, 5) is 0. The normalized spacial score (nSPS) is 16.8. The molecule has 0 heterocycles. The van der Waals surface area contributed by atoms with Crippen LogP contribution in [0.1, 0.15) is 20.3 Å². The highest BCUT2D eigenvalue weighted by Gasteiger charge is 1.93. The largest absolute Gasteiger partial charge is 0.302 e. The third kappa shape index (κ3) is 4.44. The van der Waals surface area contributed by atoms with Gasteiger partial charge in [0.15, 0.2) is 0 Å². The van der Waals surface area contributed by atoms with E-state index in [9.17, 15) is 4.21 Å². The summed E-state index contributed by atoms with van der Waals surface area (Å²) in [6, 6.07) is 0. The van der Waals surface area contributed by atoms with Crippen LogP contribution in [0.2, 0.25) is 0 Å². The van der Waals surface area contributed by atoms with Crippen molar-refractivity contribution in [3.63, 3.8) is 0 Å². The smallest absolute Gasteiger partial charge is 0.141 e. The van der Waals surface area contributed by atoms with Gasteiger partial charge in [0, 0.05) is 11.9 Å². The Morgan fingerprint density at radius 2 is 2.22 bits per heavy atom. The first-order valence-corrected chi connectivity index (χ1v) is 4.54. The molecule has 9 heavy (non-hydrogen) atoms. The van der Waals surface area contributed by atoms with Gasteiger partial charge < -0.3 is 4.55 Å². The third-order valence-electron chi connectivity index (χ3n) is 0.744. The Balaban J connectivity index is 4.02. The second kappa shape index (κ2) is 3.87. The van der Waals surface area contributed by atoms with Crippen LogP contribution in [0.25, 0.3) is 0 Å². The van der Waals surface area contributed by atoms with E-state index in [1.807, 2.05) is 6.92 Å². The molecular formula is C5H13NO2S. The van der Waals surface area contributed by atoms with Crippen LogP contribution in [-0.4, -0.2) is 20.7 Å². The van der Waals surface area contributed by atoms with E-state index in [1.54, 1.807) is 6.92 Å². The first-order chi connectivity index (χ1) is 4.12. The van der Waals surface area contributed by atoms with Gasteiger partial charge in [0.05, 0.1) is 0 Å². The van der Waals surface area contributed by atoms with Crippen LogP contribution in [0.4, 0.5) is 0 Å². The molecule has 0 aromatic heterocycles. The summed E-state index contributed by atoms with van der Waals surface area (Å²) in [5.41, 5.74) is 0. The van der Waals surface area contributed by atoms with Gasteiger partial charge in [-0.2, -0.15) is 0 Å². The Labute approximate surface area is 56.4 Å². The minimum Gasteiger partial charge on any atom is -0.302 e. The predicted molar refractivity (Wildman–Crippen MR) is 40.8 cm³/mol. The van der Waals surface area contributed by atoms with Crippen LogP contribution in [0, 0.1) is 0 Å². The monoisotopic (exact) mass is 151 g/mol. The van der Waals surface area contributed by atoms with Crippen LogP contribution in [-0.2, 0) is 9.99 Å². The summed E-state index contributed by atoms with van der Waals surface area (Å²) in [5.74, 6) is 0. The number of nitrogens with one attached hydrogen (secondary N) is 1. The Morgan fingerprint density at radius 3 is 2.56 bits per heavy atom. The lowest BCUT2D eigenvalue weighted by Crippen LogP contribution is -2.23. The number of rotatable bonds is 3. The van der Waals surface area contributed by atoms with Gasteiger partial charge in [-0.1, -0.05) is 13.8 Å². The average molecular weight is 151 g/mol. The molecule has 0 aliphatic heterocycles. The van der Waals surface area contributed by atoms with Crippen LogP contribution in [0.5, 0.6) is 0 Å². The highest BCUT2D eigenvalue weighted by Crippen LogP contribution is 1.77. The van der Waals surface area contributed by atoms with Crippen molar-refractivity contribution in [3.05, 3.63) is 0 Å². The van der Waals surface area contributed by atoms with Crippen LogP contribution < -0.4 is 4.72 Å². The molecule has 0 aliphatic rings. The van der Waals surface area contributed by atoms with Gasteiger partial charge >= 0.3 is 0 Å². The van der Waals surface area contributed by atoms with E-state index in [0.717, 1.165) is 0 Å². The van der Waals surface area contributed by atoms with Gasteiger partial charge in [-0.25, -0.2) is 8.93 Å². The summed E-state index contributed by atoms with van der Waals surface area (Å²) in [6.45, 7) is 4.14. The molecule has 0 saturated carbocycles. The van der Waals surface area contributed by atoms with E-state index in [2.05, 4.69) is 4.72 Å². The molecular weight excluding hydrogens is 138 g/mol. The quantitative estimate of drug-likeness (QED) is 0.576. The standard InChI is InChI=1S/C5H13NO2S/c1-3-5-9(7,8)6-4-2/h5H,3-4H2,1-2H3,(H2,6,7,8). The van der Waals surface area contributed by atoms with E-state index in [-0.39, 0.29) is 0 Å². The molecule has 0 rings (SSSR count). The van der Waals surface area contributed by atoms with Crippen molar-refractivity contribution >= 4 is 15.4 Å². The lowest BCUT2D eigenvalue weighted by molar-refractivity contribution is 0.546. The van der Waals surface area contributed by atoms with Crippen LogP contribution in [0.15, 0.2) is 0 Å². The first-order valence-electron chi connectivity index (χ1n) is 2.97. The Bertz CT molecular complexity index is 170. The molecule has 0 saturated heterocycles. The van der Waals surface area contributed by atoms with Crippen molar-refractivity contribution in [1.29, 1.82) is 0 Å². The minimum absolute atomic E-state index is 0.520. The molecule has 2 N–H and O–H groups in total. The van der Waals surface area contributed by atoms with Crippen LogP contribution in [0.3, 0.4) is 0 Å². The second-order valence-corrected chi connectivity index (χ2v) is 3.40. The van der Waals surface area contributed by atoms with Crippen molar-refractivity contribution in [2.75, 3.05) is 6.54 Å². The zero-order valence-electron chi connectivity index (χ0n) is 5.76. The van der Waals surface area contributed by atoms with Crippen molar-refractivity contribution in [2.24, 2.45) is 0 Å². The highest BCUT2D eigenvalue weighted by atomic mass is 32.2. The van der Waals surface area contributed by atoms with Gasteiger partial charge in [-0.05, 0) is 6.42 Å². The Morgan fingerprint density at radius 1 is 1.67 bits per heavy atom. The van der Waals surface area contributed by atoms with Crippen LogP contribution >= 0.6 is 0 Å². The topological polar surface area (TPSA) is 49.3 Å². The highest BCUT2D eigenvalue weighted by molar-refractivity contribution is 7.94. The fourth-order valence-corrected chi connectivity index (χ4v) is 1.47. The molecule has 1 atom stereocenters. The maximum atomic E-state index is 10.8. The minimum atomic E-state index is -2.81. The maximum Gasteiger partial charge on any atom is 0.141 e. The Hall–Kier alpha value is -0.0600. The van der Waals surface area contributed by atoms with Crippen molar-refractivity contribution in [3.8, 4) is 0 Å². The fraction of sp³-hybridized carbons (Fsp3) is 0.800. The molecule has 0 spiro atoms. The molecule has 0 amide bonds. The zero-order chi connectivity index (χ0) is 7.33. The van der Waals surface area contributed by atoms with E-state index >= 15 is 0 Å². The zero-order valence-corrected chi connectivity index (χ0v) is 6.57. The third-order valence-corrected chi connectivity index (χ3v) is 2.23. The van der Waals surface area contributed by atoms with Crippen molar-refractivity contribution in [1.82, 2.24) is 4.72 Å². The van der Waals surface area contributed by atoms with E-state index in [4.69, 9.17) is 4.55 Å². The lowest BCUT2D eigenvalue weighted by Gasteiger charge is -2.00. The Kier molecular flexibility index (Phi) is 3.84. The van der Waals surface area contributed by atoms with Gasteiger partial charge in [-0.15, -0.1) is 0 Å². The van der Waals surface area contributed by atoms with Crippen molar-refractivity contribution in [2.45, 2.75) is 20.3 Å². The summed E-state index contributed by atoms with van der Waals surface area (Å²) >= 11 is 0. The van der Waals surface area contributed by atoms with Gasteiger partial charge in [-0.3, -0.25) is 0 Å². The molecule has 0 bridgehead atoms. The molecule has 0 aliphatic carbocycles. The van der Waals surface area contributed by atoms with E-state index in [1.165, 1.54) is 5.37 Å². The summed E-state index contributed by atoms with van der Waals surface area (Å²) < 4.78 is 22.1. The molecule has 0 radical (unpaired) electrons. The molecule has 56 valence electrons. The molecule has 4 heteroatoms. The first kappa shape index (κ1) is 8.94. The molecule has 3 nitrogen and oxygen atoms in total. The maximum absolute atomic E-state index is 10.8. The van der Waals surface area contributed by atoms with Gasteiger partial charge in [0.2, 0.25) is 0 Å².